The van der Waals surface area contributed by atoms with Crippen LogP contribution in [0.15, 0.2) is 54.6 Å². The Kier molecular flexibility index (Phi) is 6.42. The van der Waals surface area contributed by atoms with Gasteiger partial charge in [-0.2, -0.15) is 0 Å². The summed E-state index contributed by atoms with van der Waals surface area (Å²) in [5.41, 5.74) is 1.75. The summed E-state index contributed by atoms with van der Waals surface area (Å²) in [6, 6.07) is 15.4. The van der Waals surface area contributed by atoms with Gasteiger partial charge in [-0.3, -0.25) is 4.90 Å². The number of hydrogen-bond donors (Lipinski definition) is 1. The Balaban J connectivity index is 1.70. The van der Waals surface area contributed by atoms with Crippen LogP contribution in [0.1, 0.15) is 23.6 Å². The maximum Gasteiger partial charge on any atom is 0.410 e. The summed E-state index contributed by atoms with van der Waals surface area (Å²) in [4.78, 5) is 16.3. The van der Waals surface area contributed by atoms with Gasteiger partial charge in [0.15, 0.2) is 0 Å². The molecule has 1 aliphatic heterocycles. The molecule has 0 unspecified atom stereocenters. The van der Waals surface area contributed by atoms with E-state index in [4.69, 9.17) is 4.74 Å². The van der Waals surface area contributed by atoms with Crippen LogP contribution in [0.3, 0.4) is 0 Å². The predicted octanol–water partition coefficient (Wildman–Crippen LogP) is 3.20. The molecule has 1 amide bonds. The zero-order chi connectivity index (χ0) is 19.2. The molecular formula is C21H25FN2O3. The first kappa shape index (κ1) is 19.3. The van der Waals surface area contributed by atoms with Gasteiger partial charge in [0.25, 0.3) is 0 Å². The van der Waals surface area contributed by atoms with E-state index >= 15 is 0 Å². The standard InChI is InChI=1S/C21H25FN2O3/c1-23(21(26)27-15-16-5-3-2-4-6-16)20(14-24-12-11-19(25)13-24)17-7-9-18(22)10-8-17/h2-10,19-20,25H,11-15H2,1H3/t19-,20+/m0/s1. The van der Waals surface area contributed by atoms with Crippen LogP contribution in [-0.4, -0.2) is 53.8 Å². The Morgan fingerprint density at radius 1 is 1.26 bits per heavy atom. The van der Waals surface area contributed by atoms with Crippen LogP contribution >= 0.6 is 0 Å². The van der Waals surface area contributed by atoms with Gasteiger partial charge in [-0.15, -0.1) is 0 Å². The van der Waals surface area contributed by atoms with E-state index < -0.39 is 6.09 Å². The highest BCUT2D eigenvalue weighted by Crippen LogP contribution is 2.24. The maximum absolute atomic E-state index is 13.3. The smallest absolute Gasteiger partial charge is 0.410 e. The van der Waals surface area contributed by atoms with E-state index in [1.54, 1.807) is 24.1 Å². The van der Waals surface area contributed by atoms with E-state index in [9.17, 15) is 14.3 Å². The summed E-state index contributed by atoms with van der Waals surface area (Å²) in [5.74, 6) is -0.316. The molecular weight excluding hydrogens is 347 g/mol. The molecule has 0 saturated carbocycles. The van der Waals surface area contributed by atoms with Crippen molar-refractivity contribution in [2.24, 2.45) is 0 Å². The maximum atomic E-state index is 13.3. The largest absolute Gasteiger partial charge is 0.445 e. The summed E-state index contributed by atoms with van der Waals surface area (Å²) in [5, 5.41) is 9.78. The molecule has 3 rings (SSSR count). The molecule has 0 spiro atoms. The number of nitrogens with zero attached hydrogens (tertiary/aromatic N) is 2. The van der Waals surface area contributed by atoms with E-state index in [2.05, 4.69) is 4.90 Å². The average Bonchev–Trinajstić information content (AvgIpc) is 3.10. The number of aliphatic hydroxyl groups is 1. The van der Waals surface area contributed by atoms with Crippen molar-refractivity contribution < 1.29 is 19.0 Å². The number of carbonyl (C=O) groups excluding carboxylic acids is 1. The van der Waals surface area contributed by atoms with Crippen molar-refractivity contribution in [2.75, 3.05) is 26.7 Å². The van der Waals surface area contributed by atoms with Crippen molar-refractivity contribution in [1.82, 2.24) is 9.80 Å². The highest BCUT2D eigenvalue weighted by molar-refractivity contribution is 5.68. The van der Waals surface area contributed by atoms with E-state index in [1.807, 2.05) is 30.3 Å². The number of rotatable bonds is 6. The van der Waals surface area contributed by atoms with Gasteiger partial charge in [-0.1, -0.05) is 42.5 Å². The van der Waals surface area contributed by atoms with Gasteiger partial charge in [-0.05, 0) is 29.7 Å². The summed E-state index contributed by atoms with van der Waals surface area (Å²) < 4.78 is 18.8. The van der Waals surface area contributed by atoms with Crippen molar-refractivity contribution >= 4 is 6.09 Å². The van der Waals surface area contributed by atoms with Gasteiger partial charge in [0, 0.05) is 26.7 Å². The molecule has 1 saturated heterocycles. The molecule has 0 bridgehead atoms. The fourth-order valence-corrected chi connectivity index (χ4v) is 3.31. The van der Waals surface area contributed by atoms with Crippen molar-refractivity contribution in [3.05, 3.63) is 71.5 Å². The van der Waals surface area contributed by atoms with Crippen LogP contribution in [0.5, 0.6) is 0 Å². The third kappa shape index (κ3) is 5.28. The molecule has 1 fully saturated rings. The molecule has 27 heavy (non-hydrogen) atoms. The van der Waals surface area contributed by atoms with Crippen LogP contribution < -0.4 is 0 Å². The van der Waals surface area contributed by atoms with Crippen LogP contribution in [0, 0.1) is 5.82 Å². The lowest BCUT2D eigenvalue weighted by atomic mass is 10.1. The lowest BCUT2D eigenvalue weighted by Crippen LogP contribution is -2.39. The molecule has 0 aromatic heterocycles. The molecule has 0 radical (unpaired) electrons. The molecule has 1 aliphatic rings. The van der Waals surface area contributed by atoms with Crippen molar-refractivity contribution in [2.45, 2.75) is 25.2 Å². The van der Waals surface area contributed by atoms with Gasteiger partial charge in [0.05, 0.1) is 12.1 Å². The summed E-state index contributed by atoms with van der Waals surface area (Å²) >= 11 is 0. The Hall–Kier alpha value is -2.44. The van der Waals surface area contributed by atoms with E-state index in [0.717, 1.165) is 24.1 Å². The summed E-state index contributed by atoms with van der Waals surface area (Å²) in [6.45, 7) is 2.10. The Morgan fingerprint density at radius 3 is 2.59 bits per heavy atom. The van der Waals surface area contributed by atoms with E-state index in [0.29, 0.717) is 13.1 Å². The molecule has 5 nitrogen and oxygen atoms in total. The highest BCUT2D eigenvalue weighted by Gasteiger charge is 2.28. The molecule has 144 valence electrons. The molecule has 2 atom stereocenters. The molecule has 2 aromatic rings. The Morgan fingerprint density at radius 2 is 1.96 bits per heavy atom. The molecule has 0 aliphatic carbocycles. The fraction of sp³-hybridized carbons (Fsp3) is 0.381. The van der Waals surface area contributed by atoms with Crippen molar-refractivity contribution in [1.29, 1.82) is 0 Å². The Bertz CT molecular complexity index is 739. The number of carbonyl (C=O) groups is 1. The number of β-amino-alcohol motifs (C(OH)–C–C–N with tert-alkyl or cyclic N) is 1. The van der Waals surface area contributed by atoms with E-state index in [-0.39, 0.29) is 24.6 Å². The SMILES string of the molecule is CN(C(=O)OCc1ccccc1)[C@H](CN1CC[C@H](O)C1)c1ccc(F)cc1. The Labute approximate surface area is 159 Å². The topological polar surface area (TPSA) is 53.0 Å². The van der Waals surface area contributed by atoms with Crippen LogP contribution in [-0.2, 0) is 11.3 Å². The second kappa shape index (κ2) is 8.97. The first-order valence-corrected chi connectivity index (χ1v) is 9.12. The van der Waals surface area contributed by atoms with Gasteiger partial charge in [0.2, 0.25) is 0 Å². The minimum atomic E-state index is -0.437. The molecule has 1 N–H and O–H groups in total. The van der Waals surface area contributed by atoms with E-state index in [1.165, 1.54) is 12.1 Å². The lowest BCUT2D eigenvalue weighted by Gasteiger charge is -2.31. The molecule has 6 heteroatoms. The van der Waals surface area contributed by atoms with Gasteiger partial charge in [0.1, 0.15) is 12.4 Å². The van der Waals surface area contributed by atoms with Crippen molar-refractivity contribution in [3.63, 3.8) is 0 Å². The second-order valence-corrected chi connectivity index (χ2v) is 6.92. The zero-order valence-corrected chi connectivity index (χ0v) is 15.4. The average molecular weight is 372 g/mol. The van der Waals surface area contributed by atoms with Crippen LogP contribution in [0.25, 0.3) is 0 Å². The number of halogens is 1. The number of benzene rings is 2. The molecule has 2 aromatic carbocycles. The zero-order valence-electron chi connectivity index (χ0n) is 15.4. The second-order valence-electron chi connectivity index (χ2n) is 6.92. The van der Waals surface area contributed by atoms with Crippen LogP contribution in [0.4, 0.5) is 9.18 Å². The quantitative estimate of drug-likeness (QED) is 0.846. The summed E-state index contributed by atoms with van der Waals surface area (Å²) in [6.07, 6.45) is -0.0553. The number of aliphatic hydroxyl groups excluding tert-OH is 1. The first-order valence-electron chi connectivity index (χ1n) is 9.12. The number of ether oxygens (including phenoxy) is 1. The number of hydrogen-bond acceptors (Lipinski definition) is 4. The number of likely N-dealkylation sites (tertiary alicyclic amines) is 1. The van der Waals surface area contributed by atoms with Gasteiger partial charge >= 0.3 is 6.09 Å². The molecule has 1 heterocycles. The van der Waals surface area contributed by atoms with Gasteiger partial charge in [-0.25, -0.2) is 9.18 Å². The van der Waals surface area contributed by atoms with Gasteiger partial charge < -0.3 is 14.7 Å². The minimum absolute atomic E-state index is 0.197. The summed E-state index contributed by atoms with van der Waals surface area (Å²) in [7, 11) is 1.69. The minimum Gasteiger partial charge on any atom is -0.445 e. The number of likely N-dealkylation sites (N-methyl/N-ethyl adjacent to an activating group) is 1. The normalized spacial score (nSPS) is 18.3. The fourth-order valence-electron chi connectivity index (χ4n) is 3.31. The first-order chi connectivity index (χ1) is 13.0. The number of amides is 1. The van der Waals surface area contributed by atoms with Crippen LogP contribution in [0.2, 0.25) is 0 Å². The third-order valence-electron chi connectivity index (χ3n) is 4.89. The van der Waals surface area contributed by atoms with Crippen molar-refractivity contribution in [3.8, 4) is 0 Å². The predicted molar refractivity (Wildman–Crippen MR) is 101 cm³/mol. The highest BCUT2D eigenvalue weighted by atomic mass is 19.1. The monoisotopic (exact) mass is 372 g/mol. The lowest BCUT2D eigenvalue weighted by molar-refractivity contribution is 0.0817. The third-order valence-corrected chi connectivity index (χ3v) is 4.89.